The van der Waals surface area contributed by atoms with Crippen molar-refractivity contribution in [3.05, 3.63) is 65.8 Å². The van der Waals surface area contributed by atoms with Gasteiger partial charge in [0.25, 0.3) is 11.8 Å². The number of amides is 2. The molecule has 1 unspecified atom stereocenters. The molecule has 3 aliphatic heterocycles. The van der Waals surface area contributed by atoms with Crippen LogP contribution in [0.15, 0.2) is 59.0 Å². The van der Waals surface area contributed by atoms with Gasteiger partial charge in [0.2, 0.25) is 0 Å². The Labute approximate surface area is 162 Å². The van der Waals surface area contributed by atoms with Gasteiger partial charge in [0.05, 0.1) is 31.2 Å². The average molecular weight is 379 g/mol. The van der Waals surface area contributed by atoms with Gasteiger partial charge in [-0.2, -0.15) is 0 Å². The SMILES string of the molecule is COc1ccc(C23CN4CCC=C4C(=O)N2CCN3C(=O)c2ccoc2)cc1. The van der Waals surface area contributed by atoms with Gasteiger partial charge in [-0.05, 0) is 24.6 Å². The molecule has 2 amide bonds. The predicted molar refractivity (Wildman–Crippen MR) is 100 cm³/mol. The van der Waals surface area contributed by atoms with Crippen LogP contribution >= 0.6 is 0 Å². The van der Waals surface area contributed by atoms with Crippen molar-refractivity contribution in [2.45, 2.75) is 12.1 Å². The Kier molecular flexibility index (Phi) is 3.72. The highest BCUT2D eigenvalue weighted by Crippen LogP contribution is 2.45. The van der Waals surface area contributed by atoms with Gasteiger partial charge in [-0.3, -0.25) is 9.59 Å². The molecule has 144 valence electrons. The Morgan fingerprint density at radius 1 is 1.14 bits per heavy atom. The normalized spacial score (nSPS) is 23.5. The molecule has 1 aromatic carbocycles. The number of rotatable bonds is 3. The number of carbonyl (C=O) groups is 2. The summed E-state index contributed by atoms with van der Waals surface area (Å²) in [6.45, 7) is 2.32. The van der Waals surface area contributed by atoms with Crippen molar-refractivity contribution in [1.82, 2.24) is 14.7 Å². The summed E-state index contributed by atoms with van der Waals surface area (Å²) in [6.07, 6.45) is 5.80. The van der Waals surface area contributed by atoms with Crippen LogP contribution in [0.4, 0.5) is 0 Å². The predicted octanol–water partition coefficient (Wildman–Crippen LogP) is 2.03. The van der Waals surface area contributed by atoms with Gasteiger partial charge in [0.15, 0.2) is 5.66 Å². The highest BCUT2D eigenvalue weighted by Gasteiger charge is 2.58. The van der Waals surface area contributed by atoms with Crippen LogP contribution in [0.5, 0.6) is 5.75 Å². The number of ether oxygens (including phenoxy) is 1. The Morgan fingerprint density at radius 2 is 1.96 bits per heavy atom. The molecule has 0 saturated carbocycles. The summed E-state index contributed by atoms with van der Waals surface area (Å²) in [5, 5.41) is 0. The highest BCUT2D eigenvalue weighted by molar-refractivity contribution is 5.98. The maximum absolute atomic E-state index is 13.3. The minimum Gasteiger partial charge on any atom is -0.497 e. The molecule has 28 heavy (non-hydrogen) atoms. The van der Waals surface area contributed by atoms with Crippen LogP contribution in [0, 0.1) is 0 Å². The van der Waals surface area contributed by atoms with Crippen LogP contribution in [0.1, 0.15) is 22.3 Å². The van der Waals surface area contributed by atoms with Gasteiger partial charge in [-0.25, -0.2) is 0 Å². The van der Waals surface area contributed by atoms with Crippen molar-refractivity contribution in [3.8, 4) is 5.75 Å². The Bertz CT molecular complexity index is 951. The minimum absolute atomic E-state index is 0.0120. The zero-order chi connectivity index (χ0) is 19.3. The van der Waals surface area contributed by atoms with E-state index in [0.29, 0.717) is 25.2 Å². The number of hydrogen-bond donors (Lipinski definition) is 0. The quantitative estimate of drug-likeness (QED) is 0.816. The van der Waals surface area contributed by atoms with E-state index in [4.69, 9.17) is 9.15 Å². The van der Waals surface area contributed by atoms with E-state index in [2.05, 4.69) is 4.90 Å². The molecule has 7 nitrogen and oxygen atoms in total. The maximum atomic E-state index is 13.3. The van der Waals surface area contributed by atoms with Crippen molar-refractivity contribution in [1.29, 1.82) is 0 Å². The van der Waals surface area contributed by atoms with E-state index in [-0.39, 0.29) is 11.8 Å². The first-order chi connectivity index (χ1) is 13.6. The van der Waals surface area contributed by atoms with Crippen LogP contribution in [0.3, 0.4) is 0 Å². The van der Waals surface area contributed by atoms with Crippen molar-refractivity contribution in [2.24, 2.45) is 0 Å². The standard InChI is InChI=1S/C21H21N3O4/c1-27-17-6-4-16(5-7-17)21-14-22-9-2-3-18(22)20(26)24(21)11-10-23(21)19(25)15-8-12-28-13-15/h3-8,12-13H,2,9-11,14H2,1H3. The number of piperazine rings is 1. The molecule has 0 bridgehead atoms. The monoisotopic (exact) mass is 379 g/mol. The number of fused-ring (bicyclic) bond motifs is 2. The molecular formula is C21H21N3O4. The van der Waals surface area contributed by atoms with Crippen LogP contribution in [-0.4, -0.2) is 59.8 Å². The molecule has 1 aromatic heterocycles. The van der Waals surface area contributed by atoms with Gasteiger partial charge in [-0.1, -0.05) is 18.2 Å². The zero-order valence-electron chi connectivity index (χ0n) is 15.6. The van der Waals surface area contributed by atoms with E-state index in [1.165, 1.54) is 12.5 Å². The minimum atomic E-state index is -0.848. The summed E-state index contributed by atoms with van der Waals surface area (Å²) < 4.78 is 10.4. The first-order valence-electron chi connectivity index (χ1n) is 9.41. The lowest BCUT2D eigenvalue weighted by Crippen LogP contribution is -2.64. The molecule has 0 spiro atoms. The topological polar surface area (TPSA) is 66.2 Å². The summed E-state index contributed by atoms with van der Waals surface area (Å²) in [5.74, 6) is 0.592. The lowest BCUT2D eigenvalue weighted by molar-refractivity contribution is -0.143. The lowest BCUT2D eigenvalue weighted by atomic mass is 9.92. The Morgan fingerprint density at radius 3 is 2.68 bits per heavy atom. The largest absolute Gasteiger partial charge is 0.497 e. The fourth-order valence-corrected chi connectivity index (χ4v) is 4.63. The Balaban J connectivity index is 1.65. The third-order valence-corrected chi connectivity index (χ3v) is 5.96. The van der Waals surface area contributed by atoms with Crippen molar-refractivity contribution >= 4 is 11.8 Å². The molecular weight excluding hydrogens is 358 g/mol. The van der Waals surface area contributed by atoms with Gasteiger partial charge >= 0.3 is 0 Å². The molecule has 4 heterocycles. The molecule has 0 aliphatic carbocycles. The van der Waals surface area contributed by atoms with Gasteiger partial charge in [0, 0.05) is 25.2 Å². The number of methoxy groups -OCH3 is 1. The fourth-order valence-electron chi connectivity index (χ4n) is 4.63. The van der Waals surface area contributed by atoms with Crippen LogP contribution in [-0.2, 0) is 10.5 Å². The van der Waals surface area contributed by atoms with Crippen molar-refractivity contribution in [3.63, 3.8) is 0 Å². The maximum Gasteiger partial charge on any atom is 0.272 e. The second-order valence-electron chi connectivity index (χ2n) is 7.27. The number of hydrogen-bond acceptors (Lipinski definition) is 5. The number of carbonyl (C=O) groups excluding carboxylic acids is 2. The summed E-state index contributed by atoms with van der Waals surface area (Å²) in [6, 6.07) is 9.32. The number of benzene rings is 1. The second kappa shape index (κ2) is 6.15. The summed E-state index contributed by atoms with van der Waals surface area (Å²) >= 11 is 0. The third kappa shape index (κ3) is 2.22. The van der Waals surface area contributed by atoms with Gasteiger partial charge in [0.1, 0.15) is 12.0 Å². The summed E-state index contributed by atoms with van der Waals surface area (Å²) in [5.41, 5.74) is 1.30. The van der Waals surface area contributed by atoms with Crippen molar-refractivity contribution < 1.29 is 18.7 Å². The van der Waals surface area contributed by atoms with E-state index >= 15 is 0 Å². The molecule has 3 aliphatic rings. The van der Waals surface area contributed by atoms with Crippen molar-refractivity contribution in [2.75, 3.05) is 33.3 Å². The highest BCUT2D eigenvalue weighted by atomic mass is 16.5. The molecule has 5 rings (SSSR count). The molecule has 2 fully saturated rings. The van der Waals surface area contributed by atoms with E-state index in [1.807, 2.05) is 40.1 Å². The number of furan rings is 1. The summed E-state index contributed by atoms with van der Waals surface area (Å²) in [4.78, 5) is 32.4. The van der Waals surface area contributed by atoms with E-state index in [1.54, 1.807) is 13.2 Å². The molecule has 2 saturated heterocycles. The molecule has 0 N–H and O–H groups in total. The molecule has 0 radical (unpaired) electrons. The third-order valence-electron chi connectivity index (χ3n) is 5.96. The summed E-state index contributed by atoms with van der Waals surface area (Å²) in [7, 11) is 1.62. The fraction of sp³-hybridized carbons (Fsp3) is 0.333. The first-order valence-corrected chi connectivity index (χ1v) is 9.41. The van der Waals surface area contributed by atoms with Crippen LogP contribution in [0.2, 0.25) is 0 Å². The van der Waals surface area contributed by atoms with E-state index in [0.717, 1.165) is 30.0 Å². The smallest absolute Gasteiger partial charge is 0.272 e. The number of nitrogens with zero attached hydrogens (tertiary/aromatic N) is 3. The van der Waals surface area contributed by atoms with E-state index < -0.39 is 5.66 Å². The van der Waals surface area contributed by atoms with Gasteiger partial charge < -0.3 is 23.9 Å². The average Bonchev–Trinajstić information content (AvgIpc) is 3.47. The molecule has 2 aromatic rings. The van der Waals surface area contributed by atoms with Crippen LogP contribution in [0.25, 0.3) is 0 Å². The Hall–Kier alpha value is -3.22. The first kappa shape index (κ1) is 16.9. The van der Waals surface area contributed by atoms with Gasteiger partial charge in [-0.15, -0.1) is 0 Å². The van der Waals surface area contributed by atoms with Crippen LogP contribution < -0.4 is 4.74 Å². The van der Waals surface area contributed by atoms with E-state index in [9.17, 15) is 9.59 Å². The molecule has 7 heteroatoms. The second-order valence-corrected chi connectivity index (χ2v) is 7.27. The molecule has 1 atom stereocenters. The lowest BCUT2D eigenvalue weighted by Gasteiger charge is -2.50. The zero-order valence-corrected chi connectivity index (χ0v) is 15.6.